The average molecular weight is 919 g/mol. The van der Waals surface area contributed by atoms with E-state index in [1.54, 1.807) is 0 Å². The van der Waals surface area contributed by atoms with Gasteiger partial charge < -0.3 is 0 Å². The molecule has 0 amide bonds. The van der Waals surface area contributed by atoms with Gasteiger partial charge in [-0.1, -0.05) is 0 Å². The van der Waals surface area contributed by atoms with Crippen molar-refractivity contribution < 1.29 is 7.59 Å². The third kappa shape index (κ3) is 6.24. The number of rotatable bonds is 9. The van der Waals surface area contributed by atoms with Gasteiger partial charge in [-0.3, -0.25) is 0 Å². The van der Waals surface area contributed by atoms with Crippen molar-refractivity contribution in [2.75, 3.05) is 0 Å². The van der Waals surface area contributed by atoms with Gasteiger partial charge in [-0.05, 0) is 0 Å². The Morgan fingerprint density at radius 3 is 1.50 bits per heavy atom. The molecule has 1 N–H and O–H groups in total. The van der Waals surface area contributed by atoms with Crippen molar-refractivity contribution in [3.63, 3.8) is 0 Å². The molecule has 0 saturated carbocycles. The second kappa shape index (κ2) is 15.1. The number of halogens is 1. The third-order valence-corrected chi connectivity index (χ3v) is 18.6. The number of aromatic amines is 1. The van der Waals surface area contributed by atoms with Gasteiger partial charge in [0, 0.05) is 0 Å². The molecule has 300 valence electrons. The number of aromatic nitrogens is 4. The molecule has 0 spiro atoms. The Morgan fingerprint density at radius 2 is 0.917 bits per heavy atom. The number of para-hydroxylation sites is 4. The normalized spacial score (nSPS) is 12.1. The molecule has 6 nitrogen and oxygen atoms in total. The zero-order valence-electron chi connectivity index (χ0n) is 35.3. The summed E-state index contributed by atoms with van der Waals surface area (Å²) in [5.41, 5.74) is 16.4. The van der Waals surface area contributed by atoms with Crippen LogP contribution >= 0.6 is 29.0 Å². The molecule has 0 fully saturated rings. The van der Waals surface area contributed by atoms with Crippen LogP contribution in [0.5, 0.6) is 11.5 Å². The molecule has 10 aromatic rings. The maximum atomic E-state index is 7.71. The first-order valence-electron chi connectivity index (χ1n) is 20.4. The summed E-state index contributed by atoms with van der Waals surface area (Å²) in [6, 6.07) is 43.4. The van der Waals surface area contributed by atoms with E-state index in [1.807, 2.05) is 0 Å². The number of aryl methyl sites for hydroxylation is 6. The molecule has 0 radical (unpaired) electrons. The van der Waals surface area contributed by atoms with Gasteiger partial charge in [-0.15, -0.1) is 0 Å². The van der Waals surface area contributed by atoms with Crippen LogP contribution in [0, 0.1) is 59.1 Å². The van der Waals surface area contributed by atoms with E-state index in [-0.39, 0.29) is 0 Å². The number of hydrogen-bond acceptors (Lipinski definition) is 2. The fourth-order valence-corrected chi connectivity index (χ4v) is 15.5. The number of benzene rings is 6. The van der Waals surface area contributed by atoms with Gasteiger partial charge in [-0.2, -0.15) is 0 Å². The molecule has 0 bridgehead atoms. The molecule has 0 aliphatic carbocycles. The molecule has 4 aromatic heterocycles. The van der Waals surface area contributed by atoms with E-state index in [1.165, 1.54) is 75.3 Å². The summed E-state index contributed by atoms with van der Waals surface area (Å²) in [5, 5.41) is 4.93. The predicted octanol–water partition coefficient (Wildman–Crippen LogP) is 15.0. The fourth-order valence-electron chi connectivity index (χ4n) is 8.65. The first kappa shape index (κ1) is 38.4. The maximum absolute atomic E-state index is 7.71. The predicted molar refractivity (Wildman–Crippen MR) is 261 cm³/mol. The van der Waals surface area contributed by atoms with E-state index in [9.17, 15) is 0 Å². The zero-order valence-corrected chi connectivity index (χ0v) is 38.3. The summed E-state index contributed by atoms with van der Waals surface area (Å²) in [6.07, 6.45) is 6.82. The Morgan fingerprint density at radius 1 is 0.450 bits per heavy atom. The molecule has 6 aromatic carbocycles. The van der Waals surface area contributed by atoms with Crippen LogP contribution in [-0.4, -0.2) is 16.4 Å². The molecule has 0 aliphatic rings. The van der Waals surface area contributed by atoms with Crippen LogP contribution in [0.4, 0.5) is 0 Å². The van der Waals surface area contributed by atoms with Crippen molar-refractivity contribution >= 4 is 72.6 Å². The Bertz CT molecular complexity index is 3210. The number of hydrogen-bond donors (Lipinski definition) is 1. The van der Waals surface area contributed by atoms with Crippen LogP contribution in [0.2, 0.25) is 0 Å². The van der Waals surface area contributed by atoms with Gasteiger partial charge in [0.2, 0.25) is 0 Å². The van der Waals surface area contributed by atoms with Crippen molar-refractivity contribution in [2.45, 2.75) is 55.4 Å². The van der Waals surface area contributed by atoms with E-state index >= 15 is 0 Å². The third-order valence-electron chi connectivity index (χ3n) is 12.2. The summed E-state index contributed by atoms with van der Waals surface area (Å²) in [4.78, 5) is 3.87. The van der Waals surface area contributed by atoms with E-state index in [4.69, 9.17) is 7.59 Å². The van der Waals surface area contributed by atoms with Crippen LogP contribution < -0.4 is 7.59 Å². The SMILES string of the molecule is Cc1ccc(OP(n2cc(C)c3ccccc32)n2cc(C)c3ccccc32)c(-c2c(OI(c3[nH]c4ccccc4c3C)n3cc(C)c4ccccc43)ccc(C)c2C)c1C. The minimum atomic E-state index is -2.77. The molecule has 0 atom stereocenters. The first-order valence-corrected chi connectivity index (χ1v) is 24.5. The van der Waals surface area contributed by atoms with Crippen LogP contribution in [0.1, 0.15) is 44.5 Å². The molecule has 0 aliphatic heterocycles. The van der Waals surface area contributed by atoms with E-state index in [0.717, 1.165) is 39.2 Å². The van der Waals surface area contributed by atoms with E-state index < -0.39 is 29.0 Å². The quantitative estimate of drug-likeness (QED) is 0.116. The van der Waals surface area contributed by atoms with Crippen LogP contribution in [0.25, 0.3) is 54.7 Å². The van der Waals surface area contributed by atoms with Crippen LogP contribution in [0.3, 0.4) is 0 Å². The van der Waals surface area contributed by atoms with Gasteiger partial charge in [0.15, 0.2) is 0 Å². The van der Waals surface area contributed by atoms with E-state index in [2.05, 4.69) is 212 Å². The summed E-state index contributed by atoms with van der Waals surface area (Å²) in [6.45, 7) is 17.7. The van der Waals surface area contributed by atoms with Crippen molar-refractivity contribution in [3.8, 4) is 22.6 Å². The monoisotopic (exact) mass is 918 g/mol. The standard InChI is InChI=1S/C52H48IN4O2P/c1-32-25-27-48(58-53(52-39(8)43-20-9-13-21-44(43)54-52)55-29-34(3)40-17-10-14-22-45(40)55)50(37(32)6)51-38(7)33(2)26-28-49(51)59-60(56-30-35(4)41-18-11-15-23-46(41)56)57-31-36(5)42-19-12-16-24-47(42)57/h9-31,54H,1-8H3. The molecule has 10 rings (SSSR count). The Labute approximate surface area is 360 Å². The summed E-state index contributed by atoms with van der Waals surface area (Å²) >= 11 is -2.77. The van der Waals surface area contributed by atoms with Gasteiger partial charge in [0.05, 0.1) is 0 Å². The molecule has 8 heteroatoms. The number of H-pyrrole nitrogens is 1. The Kier molecular flexibility index (Phi) is 9.65. The van der Waals surface area contributed by atoms with Crippen molar-refractivity contribution in [1.82, 2.24) is 16.4 Å². The molecule has 60 heavy (non-hydrogen) atoms. The fraction of sp³-hybridized carbons (Fsp3) is 0.154. The van der Waals surface area contributed by atoms with Crippen molar-refractivity contribution in [3.05, 3.63) is 188 Å². The van der Waals surface area contributed by atoms with Gasteiger partial charge >= 0.3 is 363 Å². The Hall–Kier alpha value is -5.76. The summed E-state index contributed by atoms with van der Waals surface area (Å²) < 4.78 is 23.7. The van der Waals surface area contributed by atoms with Gasteiger partial charge in [0.1, 0.15) is 0 Å². The van der Waals surface area contributed by atoms with Crippen LogP contribution in [0.15, 0.2) is 140 Å². The topological polar surface area (TPSA) is 49.0 Å². The minimum absolute atomic E-state index is 0.832. The van der Waals surface area contributed by atoms with Crippen molar-refractivity contribution in [2.24, 2.45) is 0 Å². The summed E-state index contributed by atoms with van der Waals surface area (Å²) in [7, 11) is -1.47. The second-order valence-corrected chi connectivity index (χ2v) is 21.4. The van der Waals surface area contributed by atoms with Crippen LogP contribution in [-0.2, 0) is 0 Å². The number of nitrogens with one attached hydrogen (secondary N) is 1. The van der Waals surface area contributed by atoms with Gasteiger partial charge in [-0.25, -0.2) is 0 Å². The van der Waals surface area contributed by atoms with Gasteiger partial charge in [0.25, 0.3) is 0 Å². The average Bonchev–Trinajstić information content (AvgIpc) is 3.99. The molecular weight excluding hydrogens is 870 g/mol. The molecule has 0 unspecified atom stereocenters. The summed E-state index contributed by atoms with van der Waals surface area (Å²) in [5.74, 6) is 1.70. The molecule has 4 heterocycles. The Balaban J connectivity index is 1.19. The number of fused-ring (bicyclic) bond motifs is 4. The molecule has 0 saturated heterocycles. The van der Waals surface area contributed by atoms with E-state index in [0.29, 0.717) is 0 Å². The second-order valence-electron chi connectivity index (χ2n) is 16.0. The molecular formula is C52H48IN4O2P. The van der Waals surface area contributed by atoms with Crippen molar-refractivity contribution in [1.29, 1.82) is 0 Å². The first-order chi connectivity index (χ1) is 29.1. The zero-order chi connectivity index (χ0) is 41.4. The number of nitrogens with zero attached hydrogens (tertiary/aromatic N) is 3.